The molecule has 138 valence electrons. The average Bonchev–Trinajstić information content (AvgIpc) is 3.18. The van der Waals surface area contributed by atoms with Crippen LogP contribution in [0.4, 0.5) is 4.39 Å². The Morgan fingerprint density at radius 1 is 0.893 bits per heavy atom. The summed E-state index contributed by atoms with van der Waals surface area (Å²) >= 11 is 0. The van der Waals surface area contributed by atoms with Crippen molar-refractivity contribution in [3.05, 3.63) is 102 Å². The Labute approximate surface area is 161 Å². The largest absolute Gasteiger partial charge is 0.279 e. The monoisotopic (exact) mass is 372 g/mol. The molecule has 0 saturated heterocycles. The van der Waals surface area contributed by atoms with Crippen LogP contribution in [0.15, 0.2) is 79.1 Å². The van der Waals surface area contributed by atoms with E-state index in [1.165, 1.54) is 16.8 Å². The Morgan fingerprint density at radius 3 is 2.32 bits per heavy atom. The lowest BCUT2D eigenvalue weighted by molar-refractivity contribution is 0.0941. The molecule has 0 amide bonds. The van der Waals surface area contributed by atoms with Crippen LogP contribution < -0.4 is 0 Å². The highest BCUT2D eigenvalue weighted by Gasteiger charge is 2.18. The Morgan fingerprint density at radius 2 is 1.61 bits per heavy atom. The highest BCUT2D eigenvalue weighted by atomic mass is 19.1. The third kappa shape index (κ3) is 3.86. The molecule has 0 fully saturated rings. The summed E-state index contributed by atoms with van der Waals surface area (Å²) in [6, 6.07) is 18.9. The van der Waals surface area contributed by atoms with Gasteiger partial charge in [0.25, 0.3) is 5.91 Å². The van der Waals surface area contributed by atoms with Crippen LogP contribution in [-0.2, 0) is 12.8 Å². The minimum Gasteiger partial charge on any atom is -0.267 e. The smallest absolute Gasteiger partial charge is 0.267 e. The molecule has 0 unspecified atom stereocenters. The summed E-state index contributed by atoms with van der Waals surface area (Å²) in [6.07, 6.45) is 4.44. The van der Waals surface area contributed by atoms with Crippen molar-refractivity contribution in [2.45, 2.75) is 12.8 Å². The zero-order valence-electron chi connectivity index (χ0n) is 15.0. The summed E-state index contributed by atoms with van der Waals surface area (Å²) in [7, 11) is 0. The number of rotatable bonds is 5. The number of benzene rings is 2. The fourth-order valence-corrected chi connectivity index (χ4v) is 2.90. The van der Waals surface area contributed by atoms with Crippen molar-refractivity contribution in [2.24, 2.45) is 0 Å². The summed E-state index contributed by atoms with van der Waals surface area (Å²) in [6.45, 7) is 0. The molecule has 4 aromatic rings. The van der Waals surface area contributed by atoms with E-state index in [2.05, 4.69) is 15.1 Å². The van der Waals surface area contributed by atoms with Crippen molar-refractivity contribution in [3.8, 4) is 11.4 Å². The van der Waals surface area contributed by atoms with Crippen LogP contribution in [0.1, 0.15) is 21.7 Å². The van der Waals surface area contributed by atoms with E-state index in [9.17, 15) is 9.18 Å². The van der Waals surface area contributed by atoms with Crippen LogP contribution in [0.2, 0.25) is 0 Å². The SMILES string of the molecule is O=C(c1ccccc1)n1nc(-c2ccncc2)nc1CCc1ccc(F)cc1. The fraction of sp³-hybridized carbons (Fsp3) is 0.0909. The fourth-order valence-electron chi connectivity index (χ4n) is 2.90. The Hall–Kier alpha value is -3.67. The quantitative estimate of drug-likeness (QED) is 0.532. The van der Waals surface area contributed by atoms with E-state index >= 15 is 0 Å². The molecule has 2 aromatic carbocycles. The van der Waals surface area contributed by atoms with Gasteiger partial charge in [-0.3, -0.25) is 9.78 Å². The van der Waals surface area contributed by atoms with Gasteiger partial charge in [-0.15, -0.1) is 5.10 Å². The first-order valence-corrected chi connectivity index (χ1v) is 8.91. The number of pyridine rings is 1. The molecule has 5 nitrogen and oxygen atoms in total. The van der Waals surface area contributed by atoms with Gasteiger partial charge in [0.05, 0.1) is 0 Å². The Kier molecular flexibility index (Phi) is 5.01. The molecule has 0 atom stereocenters. The summed E-state index contributed by atoms with van der Waals surface area (Å²) in [5, 5.41) is 4.45. The van der Waals surface area contributed by atoms with Gasteiger partial charge in [0.15, 0.2) is 5.82 Å². The summed E-state index contributed by atoms with van der Waals surface area (Å²) < 4.78 is 14.5. The average molecular weight is 372 g/mol. The molecule has 0 aliphatic rings. The van der Waals surface area contributed by atoms with E-state index in [4.69, 9.17) is 0 Å². The van der Waals surface area contributed by atoms with Gasteiger partial charge in [0.2, 0.25) is 0 Å². The Bertz CT molecular complexity index is 1080. The summed E-state index contributed by atoms with van der Waals surface area (Å²) in [5.41, 5.74) is 2.29. The van der Waals surface area contributed by atoms with Crippen LogP contribution in [0, 0.1) is 5.82 Å². The van der Waals surface area contributed by atoms with Crippen molar-refractivity contribution in [3.63, 3.8) is 0 Å². The highest BCUT2D eigenvalue weighted by Crippen LogP contribution is 2.17. The lowest BCUT2D eigenvalue weighted by Crippen LogP contribution is -2.17. The van der Waals surface area contributed by atoms with Gasteiger partial charge in [0, 0.05) is 29.9 Å². The molecule has 0 saturated carbocycles. The summed E-state index contributed by atoms with van der Waals surface area (Å²) in [4.78, 5) is 21.6. The minimum atomic E-state index is -0.272. The lowest BCUT2D eigenvalue weighted by Gasteiger charge is -2.05. The predicted molar refractivity (Wildman–Crippen MR) is 103 cm³/mol. The molecule has 0 spiro atoms. The van der Waals surface area contributed by atoms with E-state index in [0.29, 0.717) is 30.1 Å². The van der Waals surface area contributed by atoms with Crippen molar-refractivity contribution < 1.29 is 9.18 Å². The standard InChI is InChI=1S/C22H17FN4O/c23-19-9-6-16(7-10-19)8-11-20-25-21(17-12-14-24-15-13-17)26-27(20)22(28)18-4-2-1-3-5-18/h1-7,9-10,12-15H,8,11H2. The molecule has 0 N–H and O–H groups in total. The molecule has 0 aliphatic heterocycles. The van der Waals surface area contributed by atoms with Gasteiger partial charge in [0.1, 0.15) is 11.6 Å². The highest BCUT2D eigenvalue weighted by molar-refractivity contribution is 5.95. The molecular formula is C22H17FN4O. The van der Waals surface area contributed by atoms with Gasteiger partial charge >= 0.3 is 0 Å². The second-order valence-electron chi connectivity index (χ2n) is 6.30. The normalized spacial score (nSPS) is 10.8. The van der Waals surface area contributed by atoms with E-state index in [-0.39, 0.29) is 11.7 Å². The number of hydrogen-bond acceptors (Lipinski definition) is 4. The molecule has 0 aliphatic carbocycles. The number of aromatic nitrogens is 4. The second-order valence-corrected chi connectivity index (χ2v) is 6.30. The van der Waals surface area contributed by atoms with Gasteiger partial charge in [-0.25, -0.2) is 9.37 Å². The van der Waals surface area contributed by atoms with E-state index in [1.54, 1.807) is 48.8 Å². The van der Waals surface area contributed by atoms with Gasteiger partial charge in [-0.1, -0.05) is 30.3 Å². The number of aryl methyl sites for hydroxylation is 2. The van der Waals surface area contributed by atoms with Crippen LogP contribution in [0.5, 0.6) is 0 Å². The van der Waals surface area contributed by atoms with Gasteiger partial charge < -0.3 is 0 Å². The zero-order chi connectivity index (χ0) is 19.3. The number of nitrogens with zero attached hydrogens (tertiary/aromatic N) is 4. The molecule has 0 radical (unpaired) electrons. The molecule has 0 bridgehead atoms. The maximum Gasteiger partial charge on any atom is 0.279 e. The van der Waals surface area contributed by atoms with Crippen LogP contribution in [-0.4, -0.2) is 25.7 Å². The van der Waals surface area contributed by atoms with E-state index < -0.39 is 0 Å². The summed E-state index contributed by atoms with van der Waals surface area (Å²) in [5.74, 6) is 0.527. The zero-order valence-corrected chi connectivity index (χ0v) is 15.0. The Balaban J connectivity index is 1.67. The molecule has 2 aromatic heterocycles. The molecule has 6 heteroatoms. The maximum absolute atomic E-state index is 13.1. The van der Waals surface area contributed by atoms with Crippen LogP contribution in [0.25, 0.3) is 11.4 Å². The van der Waals surface area contributed by atoms with Gasteiger partial charge in [-0.2, -0.15) is 4.68 Å². The molecule has 4 rings (SSSR count). The molecule has 28 heavy (non-hydrogen) atoms. The third-order valence-electron chi connectivity index (χ3n) is 4.38. The van der Waals surface area contributed by atoms with Crippen molar-refractivity contribution in [1.29, 1.82) is 0 Å². The lowest BCUT2D eigenvalue weighted by atomic mass is 10.1. The third-order valence-corrected chi connectivity index (χ3v) is 4.38. The topological polar surface area (TPSA) is 60.7 Å². The number of hydrogen-bond donors (Lipinski definition) is 0. The second kappa shape index (κ2) is 7.92. The first kappa shape index (κ1) is 17.7. The van der Waals surface area contributed by atoms with Crippen LogP contribution >= 0.6 is 0 Å². The van der Waals surface area contributed by atoms with Crippen molar-refractivity contribution in [2.75, 3.05) is 0 Å². The van der Waals surface area contributed by atoms with E-state index in [0.717, 1.165) is 11.1 Å². The van der Waals surface area contributed by atoms with Crippen LogP contribution in [0.3, 0.4) is 0 Å². The van der Waals surface area contributed by atoms with Gasteiger partial charge in [-0.05, 0) is 48.4 Å². The van der Waals surface area contributed by atoms with E-state index in [1.807, 2.05) is 18.2 Å². The number of carbonyl (C=O) groups excluding carboxylic acids is 1. The first-order valence-electron chi connectivity index (χ1n) is 8.91. The number of carbonyl (C=O) groups is 1. The maximum atomic E-state index is 13.1. The van der Waals surface area contributed by atoms with Crippen molar-refractivity contribution in [1.82, 2.24) is 19.7 Å². The number of halogens is 1. The van der Waals surface area contributed by atoms with Crippen molar-refractivity contribution >= 4 is 5.91 Å². The minimum absolute atomic E-state index is 0.234. The predicted octanol–water partition coefficient (Wildman–Crippen LogP) is 3.95. The first-order chi connectivity index (χ1) is 13.7. The molecular weight excluding hydrogens is 355 g/mol. The molecule has 2 heterocycles.